The van der Waals surface area contributed by atoms with Gasteiger partial charge in [-0.1, -0.05) is 19.0 Å². The van der Waals surface area contributed by atoms with Crippen molar-refractivity contribution in [1.29, 1.82) is 0 Å². The summed E-state index contributed by atoms with van der Waals surface area (Å²) in [5.74, 6) is 1.87. The fraction of sp³-hybridized carbons (Fsp3) is 0.824. The van der Waals surface area contributed by atoms with Crippen molar-refractivity contribution < 1.29 is 14.1 Å². The minimum Gasteiger partial charge on any atom is -0.381 e. The molecule has 1 unspecified atom stereocenters. The molecule has 0 radical (unpaired) electrons. The number of hydrogen-bond donors (Lipinski definition) is 0. The van der Waals surface area contributed by atoms with E-state index in [0.29, 0.717) is 18.3 Å². The first-order chi connectivity index (χ1) is 11.1. The van der Waals surface area contributed by atoms with E-state index in [-0.39, 0.29) is 23.2 Å². The Balaban J connectivity index is 1.86. The van der Waals surface area contributed by atoms with Gasteiger partial charge in [-0.25, -0.2) is 0 Å². The lowest BCUT2D eigenvalue weighted by molar-refractivity contribution is -0.135. The molecule has 3 heterocycles. The van der Waals surface area contributed by atoms with Crippen LogP contribution in [-0.2, 0) is 9.53 Å². The number of hydrogen-bond acceptors (Lipinski definition) is 5. The summed E-state index contributed by atoms with van der Waals surface area (Å²) < 4.78 is 11.0. The van der Waals surface area contributed by atoms with Crippen molar-refractivity contribution in [2.45, 2.75) is 52.4 Å². The molecule has 23 heavy (non-hydrogen) atoms. The van der Waals surface area contributed by atoms with Crippen LogP contribution in [0, 0.1) is 18.3 Å². The molecule has 2 aliphatic heterocycles. The van der Waals surface area contributed by atoms with Crippen molar-refractivity contribution in [2.75, 3.05) is 26.3 Å². The Bertz CT molecular complexity index is 547. The Labute approximate surface area is 137 Å². The van der Waals surface area contributed by atoms with Gasteiger partial charge in [0.25, 0.3) is 0 Å². The van der Waals surface area contributed by atoms with Gasteiger partial charge in [-0.3, -0.25) is 4.79 Å². The second-order valence-corrected chi connectivity index (χ2v) is 6.94. The molecule has 1 atom stereocenters. The van der Waals surface area contributed by atoms with Gasteiger partial charge in [0.2, 0.25) is 11.8 Å². The number of aryl methyl sites for hydroxylation is 1. The van der Waals surface area contributed by atoms with E-state index >= 15 is 0 Å². The number of carbonyl (C=O) groups is 1. The lowest BCUT2D eigenvalue weighted by Gasteiger charge is -2.36. The third kappa shape index (κ3) is 3.01. The van der Waals surface area contributed by atoms with Gasteiger partial charge in [0.15, 0.2) is 5.82 Å². The molecule has 2 fully saturated rings. The van der Waals surface area contributed by atoms with Gasteiger partial charge in [-0.05, 0) is 32.6 Å². The molecular formula is C17H27N3O3. The summed E-state index contributed by atoms with van der Waals surface area (Å²) in [5, 5.41) is 3.96. The van der Waals surface area contributed by atoms with Crippen LogP contribution in [0.15, 0.2) is 4.52 Å². The van der Waals surface area contributed by atoms with Crippen LogP contribution in [-0.4, -0.2) is 47.3 Å². The predicted octanol–water partition coefficient (Wildman–Crippen LogP) is 2.54. The maximum atomic E-state index is 12.8. The van der Waals surface area contributed by atoms with Crippen LogP contribution >= 0.6 is 0 Å². The molecule has 0 bridgehead atoms. The highest BCUT2D eigenvalue weighted by molar-refractivity contribution is 5.79. The minimum absolute atomic E-state index is 0.0267. The van der Waals surface area contributed by atoms with Crippen molar-refractivity contribution in [1.82, 2.24) is 15.0 Å². The van der Waals surface area contributed by atoms with Crippen molar-refractivity contribution in [2.24, 2.45) is 11.3 Å². The largest absolute Gasteiger partial charge is 0.381 e. The molecule has 0 aromatic carbocycles. The summed E-state index contributed by atoms with van der Waals surface area (Å²) >= 11 is 0. The van der Waals surface area contributed by atoms with Crippen LogP contribution in [0.3, 0.4) is 0 Å². The molecule has 2 aliphatic rings. The summed E-state index contributed by atoms with van der Waals surface area (Å²) in [6.07, 6.45) is 3.69. The van der Waals surface area contributed by atoms with Crippen molar-refractivity contribution in [3.8, 4) is 0 Å². The first-order valence-electron chi connectivity index (χ1n) is 8.76. The van der Waals surface area contributed by atoms with Crippen LogP contribution in [0.2, 0.25) is 0 Å². The molecule has 1 aromatic rings. The number of carbonyl (C=O) groups excluding carboxylic acids is 1. The average Bonchev–Trinajstić information content (AvgIpc) is 3.13. The van der Waals surface area contributed by atoms with Crippen LogP contribution in [0.25, 0.3) is 0 Å². The first kappa shape index (κ1) is 16.4. The third-order valence-corrected chi connectivity index (χ3v) is 5.62. The SMILES string of the molecule is CCC(CC)C(=O)N1CC(c2nc(C)no2)C2(CCOCC2)C1. The minimum atomic E-state index is 0.0267. The van der Waals surface area contributed by atoms with Crippen LogP contribution in [0.4, 0.5) is 0 Å². The molecule has 1 aromatic heterocycles. The van der Waals surface area contributed by atoms with E-state index < -0.39 is 0 Å². The highest BCUT2D eigenvalue weighted by Crippen LogP contribution is 2.49. The number of likely N-dealkylation sites (tertiary alicyclic amines) is 1. The van der Waals surface area contributed by atoms with Gasteiger partial charge in [-0.2, -0.15) is 4.98 Å². The summed E-state index contributed by atoms with van der Waals surface area (Å²) in [4.78, 5) is 19.3. The predicted molar refractivity (Wildman–Crippen MR) is 84.9 cm³/mol. The maximum absolute atomic E-state index is 12.8. The summed E-state index contributed by atoms with van der Waals surface area (Å²) in [5.41, 5.74) is 0.0267. The number of rotatable bonds is 4. The first-order valence-corrected chi connectivity index (χ1v) is 8.76. The van der Waals surface area contributed by atoms with Gasteiger partial charge >= 0.3 is 0 Å². The van der Waals surface area contributed by atoms with Crippen molar-refractivity contribution in [3.63, 3.8) is 0 Å². The second-order valence-electron chi connectivity index (χ2n) is 6.94. The number of amides is 1. The average molecular weight is 321 g/mol. The number of nitrogens with zero attached hydrogens (tertiary/aromatic N) is 3. The third-order valence-electron chi connectivity index (χ3n) is 5.62. The van der Waals surface area contributed by atoms with E-state index in [2.05, 4.69) is 24.0 Å². The fourth-order valence-electron chi connectivity index (χ4n) is 4.11. The summed E-state index contributed by atoms with van der Waals surface area (Å²) in [7, 11) is 0. The Morgan fingerprint density at radius 3 is 2.61 bits per heavy atom. The number of ether oxygens (including phenoxy) is 1. The van der Waals surface area contributed by atoms with Crippen molar-refractivity contribution in [3.05, 3.63) is 11.7 Å². The molecule has 0 aliphatic carbocycles. The lowest BCUT2D eigenvalue weighted by atomic mass is 9.72. The molecule has 128 valence electrons. The van der Waals surface area contributed by atoms with E-state index in [4.69, 9.17) is 9.26 Å². The van der Waals surface area contributed by atoms with E-state index in [9.17, 15) is 4.79 Å². The van der Waals surface area contributed by atoms with E-state index in [1.54, 1.807) is 0 Å². The van der Waals surface area contributed by atoms with Gasteiger partial charge in [0.05, 0.1) is 5.92 Å². The topological polar surface area (TPSA) is 68.5 Å². The maximum Gasteiger partial charge on any atom is 0.232 e. The van der Waals surface area contributed by atoms with Gasteiger partial charge in [0.1, 0.15) is 0 Å². The summed E-state index contributed by atoms with van der Waals surface area (Å²) in [6.45, 7) is 8.99. The zero-order valence-corrected chi connectivity index (χ0v) is 14.4. The van der Waals surface area contributed by atoms with E-state index in [1.807, 2.05) is 11.8 Å². The van der Waals surface area contributed by atoms with Crippen LogP contribution in [0.1, 0.15) is 57.2 Å². The zero-order chi connectivity index (χ0) is 16.4. The quantitative estimate of drug-likeness (QED) is 0.852. The Morgan fingerprint density at radius 2 is 2.04 bits per heavy atom. The molecule has 3 rings (SSSR count). The summed E-state index contributed by atoms with van der Waals surface area (Å²) in [6, 6.07) is 0. The van der Waals surface area contributed by atoms with Crippen molar-refractivity contribution >= 4 is 5.91 Å². The highest BCUT2D eigenvalue weighted by atomic mass is 16.5. The highest BCUT2D eigenvalue weighted by Gasteiger charge is 2.51. The normalized spacial score (nSPS) is 23.8. The van der Waals surface area contributed by atoms with E-state index in [1.165, 1.54) is 0 Å². The molecule has 0 saturated carbocycles. The van der Waals surface area contributed by atoms with Gasteiger partial charge in [-0.15, -0.1) is 0 Å². The van der Waals surface area contributed by atoms with Gasteiger partial charge < -0.3 is 14.2 Å². The van der Waals surface area contributed by atoms with Crippen LogP contribution in [0.5, 0.6) is 0 Å². The Kier molecular flexibility index (Phi) is 4.71. The Hall–Kier alpha value is -1.43. The molecule has 2 saturated heterocycles. The Morgan fingerprint density at radius 1 is 1.35 bits per heavy atom. The molecule has 0 N–H and O–H groups in total. The molecule has 6 nitrogen and oxygen atoms in total. The molecule has 1 amide bonds. The molecular weight excluding hydrogens is 294 g/mol. The fourth-order valence-corrected chi connectivity index (χ4v) is 4.11. The number of aromatic nitrogens is 2. The second kappa shape index (κ2) is 6.59. The smallest absolute Gasteiger partial charge is 0.232 e. The van der Waals surface area contributed by atoms with Crippen LogP contribution < -0.4 is 0 Å². The lowest BCUT2D eigenvalue weighted by Crippen LogP contribution is -2.38. The monoisotopic (exact) mass is 321 g/mol. The standard InChI is InChI=1S/C17H27N3O3/c1-4-13(5-2)16(21)20-10-14(15-18-12(3)19-23-15)17(11-20)6-8-22-9-7-17/h13-14H,4-11H2,1-3H3. The molecule has 1 spiro atoms. The van der Waals surface area contributed by atoms with E-state index in [0.717, 1.165) is 45.4 Å². The zero-order valence-electron chi connectivity index (χ0n) is 14.4. The molecule has 6 heteroatoms. The van der Waals surface area contributed by atoms with Gasteiger partial charge in [0, 0.05) is 37.6 Å².